The summed E-state index contributed by atoms with van der Waals surface area (Å²) in [5.41, 5.74) is 0. The first-order chi connectivity index (χ1) is 10.8. The summed E-state index contributed by atoms with van der Waals surface area (Å²) < 4.78 is 0. The second kappa shape index (κ2) is 6.51. The van der Waals surface area contributed by atoms with Gasteiger partial charge in [0.25, 0.3) is 0 Å². The van der Waals surface area contributed by atoms with E-state index < -0.39 is 0 Å². The van der Waals surface area contributed by atoms with Crippen molar-refractivity contribution in [1.82, 2.24) is 9.80 Å². The summed E-state index contributed by atoms with van der Waals surface area (Å²) in [6.07, 6.45) is 11.8. The van der Waals surface area contributed by atoms with Crippen LogP contribution in [-0.2, 0) is 4.79 Å². The zero-order chi connectivity index (χ0) is 14.9. The Morgan fingerprint density at radius 3 is 2.32 bits per heavy atom. The zero-order valence-electron chi connectivity index (χ0n) is 14.0. The third-order valence-corrected chi connectivity index (χ3v) is 7.01. The maximum absolute atomic E-state index is 12.3. The molecule has 0 aromatic heterocycles. The largest absolute Gasteiger partial charge is 0.343 e. The van der Waals surface area contributed by atoms with Gasteiger partial charge in [0.1, 0.15) is 0 Å². The van der Waals surface area contributed by atoms with Gasteiger partial charge in [0, 0.05) is 26.1 Å². The van der Waals surface area contributed by atoms with Crippen LogP contribution >= 0.6 is 0 Å². The van der Waals surface area contributed by atoms with Crippen LogP contribution in [-0.4, -0.2) is 48.4 Å². The number of nitrogens with zero attached hydrogens (tertiary/aromatic N) is 2. The lowest BCUT2D eigenvalue weighted by molar-refractivity contribution is -0.131. The van der Waals surface area contributed by atoms with E-state index in [1.165, 1.54) is 71.0 Å². The molecule has 22 heavy (non-hydrogen) atoms. The highest BCUT2D eigenvalue weighted by Gasteiger charge is 2.40. The predicted octanol–water partition coefficient (Wildman–Crippen LogP) is 3.15. The zero-order valence-corrected chi connectivity index (χ0v) is 14.0. The van der Waals surface area contributed by atoms with Crippen LogP contribution in [0.3, 0.4) is 0 Å². The van der Waals surface area contributed by atoms with Gasteiger partial charge in [-0.2, -0.15) is 0 Å². The van der Waals surface area contributed by atoms with E-state index in [0.29, 0.717) is 11.8 Å². The van der Waals surface area contributed by atoms with E-state index in [0.717, 1.165) is 37.3 Å². The number of carbonyl (C=O) groups is 1. The normalized spacial score (nSPS) is 36.4. The minimum Gasteiger partial charge on any atom is -0.343 e. The van der Waals surface area contributed by atoms with Gasteiger partial charge < -0.3 is 9.80 Å². The van der Waals surface area contributed by atoms with E-state index in [4.69, 9.17) is 0 Å². The lowest BCUT2D eigenvalue weighted by atomic mass is 9.87. The molecule has 3 atom stereocenters. The number of piperidine rings is 1. The second-order valence-corrected chi connectivity index (χ2v) is 8.47. The lowest BCUT2D eigenvalue weighted by Crippen LogP contribution is -2.39. The van der Waals surface area contributed by atoms with Crippen LogP contribution in [0.1, 0.15) is 57.8 Å². The molecule has 0 aromatic rings. The van der Waals surface area contributed by atoms with Crippen LogP contribution in [0.5, 0.6) is 0 Å². The molecule has 2 heterocycles. The predicted molar refractivity (Wildman–Crippen MR) is 88.5 cm³/mol. The monoisotopic (exact) mass is 304 g/mol. The highest BCUT2D eigenvalue weighted by Crippen LogP contribution is 2.48. The molecule has 0 aromatic carbocycles. The number of hydrogen-bond donors (Lipinski definition) is 0. The Labute approximate surface area is 135 Å². The standard InChI is InChI=1S/C19H32N2O/c22-19(21-7-1-2-8-21)13-15-5-9-20(10-6-15)14-18-12-16-3-4-17(18)11-16/h15-18H,1-14H2/t16-,17-,18-/m0/s1. The molecular formula is C19H32N2O. The Hall–Kier alpha value is -0.570. The van der Waals surface area contributed by atoms with Gasteiger partial charge in [-0.15, -0.1) is 0 Å². The summed E-state index contributed by atoms with van der Waals surface area (Å²) in [4.78, 5) is 17.1. The maximum atomic E-state index is 12.3. The highest BCUT2D eigenvalue weighted by molar-refractivity contribution is 5.76. The molecule has 0 spiro atoms. The Kier molecular flexibility index (Phi) is 4.43. The second-order valence-electron chi connectivity index (χ2n) is 8.47. The Morgan fingerprint density at radius 1 is 0.909 bits per heavy atom. The molecule has 3 heteroatoms. The summed E-state index contributed by atoms with van der Waals surface area (Å²) in [5.74, 6) is 4.22. The summed E-state index contributed by atoms with van der Waals surface area (Å²) in [7, 11) is 0. The molecule has 0 radical (unpaired) electrons. The smallest absolute Gasteiger partial charge is 0.222 e. The van der Waals surface area contributed by atoms with Gasteiger partial charge in [-0.1, -0.05) is 6.42 Å². The average Bonchev–Trinajstić information content (AvgIpc) is 3.27. The topological polar surface area (TPSA) is 23.6 Å². The molecule has 4 aliphatic rings. The van der Waals surface area contributed by atoms with Crippen molar-refractivity contribution in [3.63, 3.8) is 0 Å². The van der Waals surface area contributed by atoms with Crippen molar-refractivity contribution in [3.05, 3.63) is 0 Å². The van der Waals surface area contributed by atoms with Gasteiger partial charge in [-0.25, -0.2) is 0 Å². The number of rotatable bonds is 4. The van der Waals surface area contributed by atoms with Gasteiger partial charge >= 0.3 is 0 Å². The Bertz CT molecular complexity index is 396. The molecule has 2 saturated carbocycles. The van der Waals surface area contributed by atoms with Crippen LogP contribution in [0.15, 0.2) is 0 Å². The van der Waals surface area contributed by atoms with Crippen LogP contribution in [0.4, 0.5) is 0 Å². The van der Waals surface area contributed by atoms with E-state index >= 15 is 0 Å². The summed E-state index contributed by atoms with van der Waals surface area (Å²) in [6, 6.07) is 0. The summed E-state index contributed by atoms with van der Waals surface area (Å²) >= 11 is 0. The van der Waals surface area contributed by atoms with E-state index in [1.54, 1.807) is 0 Å². The van der Waals surface area contributed by atoms with Crippen LogP contribution < -0.4 is 0 Å². The van der Waals surface area contributed by atoms with Crippen LogP contribution in [0.25, 0.3) is 0 Å². The first kappa shape index (κ1) is 15.0. The van der Waals surface area contributed by atoms with Crippen molar-refractivity contribution in [1.29, 1.82) is 0 Å². The number of amides is 1. The SMILES string of the molecule is O=C(CC1CCN(C[C@@H]2C[C@H]3CC[C@H]2C3)CC1)N1CCCC1. The average molecular weight is 304 g/mol. The fourth-order valence-corrected chi connectivity index (χ4v) is 5.65. The molecule has 0 unspecified atom stereocenters. The maximum Gasteiger partial charge on any atom is 0.222 e. The fraction of sp³-hybridized carbons (Fsp3) is 0.947. The van der Waals surface area contributed by atoms with Gasteiger partial charge in [-0.05, 0) is 81.7 Å². The molecule has 4 fully saturated rings. The molecule has 2 saturated heterocycles. The first-order valence-electron chi connectivity index (χ1n) is 9.78. The number of carbonyl (C=O) groups excluding carboxylic acids is 1. The third kappa shape index (κ3) is 3.20. The molecular weight excluding hydrogens is 272 g/mol. The Balaban J connectivity index is 1.19. The molecule has 0 N–H and O–H groups in total. The summed E-state index contributed by atoms with van der Waals surface area (Å²) in [6.45, 7) is 5.87. The van der Waals surface area contributed by atoms with Gasteiger partial charge in [0.05, 0.1) is 0 Å². The van der Waals surface area contributed by atoms with E-state index in [-0.39, 0.29) is 0 Å². The molecule has 124 valence electrons. The molecule has 1 amide bonds. The van der Waals surface area contributed by atoms with Crippen molar-refractivity contribution in [3.8, 4) is 0 Å². The van der Waals surface area contributed by atoms with Gasteiger partial charge in [0.15, 0.2) is 0 Å². The van der Waals surface area contributed by atoms with Crippen molar-refractivity contribution in [2.24, 2.45) is 23.7 Å². The summed E-state index contributed by atoms with van der Waals surface area (Å²) in [5, 5.41) is 0. The third-order valence-electron chi connectivity index (χ3n) is 7.01. The van der Waals surface area contributed by atoms with Crippen molar-refractivity contribution >= 4 is 5.91 Å². The number of fused-ring (bicyclic) bond motifs is 2. The number of hydrogen-bond acceptors (Lipinski definition) is 2. The molecule has 2 bridgehead atoms. The van der Waals surface area contributed by atoms with Crippen LogP contribution in [0, 0.1) is 23.7 Å². The Morgan fingerprint density at radius 2 is 1.68 bits per heavy atom. The molecule has 3 nitrogen and oxygen atoms in total. The number of likely N-dealkylation sites (tertiary alicyclic amines) is 2. The minimum absolute atomic E-state index is 0.434. The molecule has 2 aliphatic heterocycles. The van der Waals surface area contributed by atoms with E-state index in [2.05, 4.69) is 9.80 Å². The minimum atomic E-state index is 0.434. The van der Waals surface area contributed by atoms with E-state index in [1.807, 2.05) is 0 Å². The van der Waals surface area contributed by atoms with Crippen molar-refractivity contribution in [2.45, 2.75) is 57.8 Å². The fourth-order valence-electron chi connectivity index (χ4n) is 5.65. The first-order valence-corrected chi connectivity index (χ1v) is 9.78. The molecule has 4 rings (SSSR count). The highest BCUT2D eigenvalue weighted by atomic mass is 16.2. The van der Waals surface area contributed by atoms with Crippen molar-refractivity contribution in [2.75, 3.05) is 32.7 Å². The van der Waals surface area contributed by atoms with Gasteiger partial charge in [-0.3, -0.25) is 4.79 Å². The van der Waals surface area contributed by atoms with Crippen LogP contribution in [0.2, 0.25) is 0 Å². The van der Waals surface area contributed by atoms with Gasteiger partial charge in [0.2, 0.25) is 5.91 Å². The quantitative estimate of drug-likeness (QED) is 0.796. The molecule has 2 aliphatic carbocycles. The van der Waals surface area contributed by atoms with Crippen molar-refractivity contribution < 1.29 is 4.79 Å². The van der Waals surface area contributed by atoms with E-state index in [9.17, 15) is 4.79 Å². The lowest BCUT2D eigenvalue weighted by Gasteiger charge is -2.35.